The largest absolute Gasteiger partial charge is 0.107 e. The van der Waals surface area contributed by atoms with E-state index in [0.29, 0.717) is 0 Å². The first kappa shape index (κ1) is 12.3. The van der Waals surface area contributed by atoms with E-state index in [-0.39, 0.29) is 0 Å². The van der Waals surface area contributed by atoms with Crippen LogP contribution in [0.3, 0.4) is 0 Å². The molecule has 0 saturated heterocycles. The molecule has 0 heterocycles. The van der Waals surface area contributed by atoms with Crippen LogP contribution in [0.1, 0.15) is 53.4 Å². The zero-order valence-electron chi connectivity index (χ0n) is 7.83. The lowest BCUT2D eigenvalue weighted by Crippen LogP contribution is -1.59. The summed E-state index contributed by atoms with van der Waals surface area (Å²) in [6.07, 6.45) is 5.06. The average molecular weight is 140 g/mol. The van der Waals surface area contributed by atoms with E-state index in [1.165, 1.54) is 19.3 Å². The quantitative estimate of drug-likeness (QED) is 0.514. The third-order valence-electron chi connectivity index (χ3n) is 1.06. The summed E-state index contributed by atoms with van der Waals surface area (Å²) < 4.78 is 0. The van der Waals surface area contributed by atoms with Crippen molar-refractivity contribution in [2.75, 3.05) is 0 Å². The molecule has 0 N–H and O–H groups in total. The molecule has 0 aromatic heterocycles. The summed E-state index contributed by atoms with van der Waals surface area (Å²) in [6.45, 7) is 8.31. The van der Waals surface area contributed by atoms with Crippen LogP contribution in [0.25, 0.3) is 0 Å². The second-order valence-electron chi connectivity index (χ2n) is 2.13. The molecule has 0 spiro atoms. The van der Waals surface area contributed by atoms with Crippen molar-refractivity contribution in [2.45, 2.75) is 53.4 Å². The Labute approximate surface area is 66.0 Å². The molecule has 0 radical (unpaired) electrons. The van der Waals surface area contributed by atoms with Crippen LogP contribution in [0.4, 0.5) is 0 Å². The van der Waals surface area contributed by atoms with Crippen molar-refractivity contribution in [2.24, 2.45) is 0 Å². The van der Waals surface area contributed by atoms with Gasteiger partial charge in [0.15, 0.2) is 0 Å². The van der Waals surface area contributed by atoms with Crippen LogP contribution >= 0.6 is 0 Å². The molecule has 0 aromatic rings. The topological polar surface area (TPSA) is 0 Å². The third-order valence-corrected chi connectivity index (χ3v) is 1.06. The Morgan fingerprint density at radius 1 is 1.00 bits per heavy atom. The van der Waals surface area contributed by atoms with Crippen molar-refractivity contribution in [1.29, 1.82) is 0 Å². The molecule has 0 heteroatoms. The van der Waals surface area contributed by atoms with E-state index in [1.807, 2.05) is 13.8 Å². The van der Waals surface area contributed by atoms with Crippen LogP contribution in [0.5, 0.6) is 0 Å². The third kappa shape index (κ3) is 25.7. The van der Waals surface area contributed by atoms with Gasteiger partial charge in [0.25, 0.3) is 0 Å². The number of hydrogen-bond donors (Lipinski definition) is 0. The Kier molecular flexibility index (Phi) is 19.4. The predicted molar refractivity (Wildman–Crippen MR) is 48.9 cm³/mol. The van der Waals surface area contributed by atoms with Crippen LogP contribution in [0.2, 0.25) is 0 Å². The fourth-order valence-corrected chi connectivity index (χ4v) is 0.530. The molecule has 60 valence electrons. The predicted octanol–water partition coefficient (Wildman–Crippen LogP) is 3.62. The molecule has 0 unspecified atom stereocenters. The van der Waals surface area contributed by atoms with Crippen LogP contribution < -0.4 is 0 Å². The fourth-order valence-electron chi connectivity index (χ4n) is 0.530. The monoisotopic (exact) mass is 140 g/mol. The molecule has 0 aliphatic rings. The number of rotatable bonds is 2. The zero-order valence-corrected chi connectivity index (χ0v) is 7.83. The van der Waals surface area contributed by atoms with Gasteiger partial charge in [-0.25, -0.2) is 0 Å². The highest BCUT2D eigenvalue weighted by Crippen LogP contribution is 1.88. The Morgan fingerprint density at radius 2 is 1.50 bits per heavy atom. The molecule has 0 saturated carbocycles. The van der Waals surface area contributed by atoms with E-state index < -0.39 is 0 Å². The highest BCUT2D eigenvalue weighted by atomic mass is 13.7. The minimum Gasteiger partial charge on any atom is -0.107 e. The van der Waals surface area contributed by atoms with Crippen molar-refractivity contribution in [3.05, 3.63) is 0 Å². The van der Waals surface area contributed by atoms with Crippen molar-refractivity contribution in [3.8, 4) is 11.8 Å². The summed E-state index contributed by atoms with van der Waals surface area (Å²) in [5, 5.41) is 0. The molecule has 0 bridgehead atoms. The highest BCUT2D eigenvalue weighted by molar-refractivity contribution is 4.92. The summed E-state index contributed by atoms with van der Waals surface area (Å²) in [7, 11) is 0. The highest BCUT2D eigenvalue weighted by Gasteiger charge is 1.68. The molecule has 10 heavy (non-hydrogen) atoms. The van der Waals surface area contributed by atoms with E-state index in [1.54, 1.807) is 0 Å². The van der Waals surface area contributed by atoms with Gasteiger partial charge >= 0.3 is 0 Å². The van der Waals surface area contributed by atoms with Crippen molar-refractivity contribution < 1.29 is 0 Å². The second-order valence-corrected chi connectivity index (χ2v) is 2.13. The molecule has 0 aliphatic heterocycles. The average Bonchev–Trinajstić information content (AvgIpc) is 1.93. The van der Waals surface area contributed by atoms with E-state index in [2.05, 4.69) is 25.7 Å². The summed E-state index contributed by atoms with van der Waals surface area (Å²) in [4.78, 5) is 0. The van der Waals surface area contributed by atoms with Crippen LogP contribution in [0.15, 0.2) is 0 Å². The van der Waals surface area contributed by atoms with Gasteiger partial charge in [-0.15, -0.1) is 11.8 Å². The summed E-state index contributed by atoms with van der Waals surface area (Å²) in [5.41, 5.74) is 0. The number of hydrogen-bond acceptors (Lipinski definition) is 0. The lowest BCUT2D eigenvalue weighted by Gasteiger charge is -1.79. The maximum Gasteiger partial charge on any atom is 0.00601 e. The SMILES string of the molecule is CC#CCC.CCCCC. The molecule has 0 nitrogen and oxygen atoms in total. The molecule has 0 atom stereocenters. The molecule has 0 amide bonds. The maximum absolute atomic E-state index is 2.86. The van der Waals surface area contributed by atoms with Crippen molar-refractivity contribution in [1.82, 2.24) is 0 Å². The second kappa shape index (κ2) is 15.8. The van der Waals surface area contributed by atoms with Gasteiger partial charge in [-0.2, -0.15) is 0 Å². The van der Waals surface area contributed by atoms with Crippen LogP contribution in [0, 0.1) is 11.8 Å². The van der Waals surface area contributed by atoms with E-state index >= 15 is 0 Å². The van der Waals surface area contributed by atoms with Crippen molar-refractivity contribution in [3.63, 3.8) is 0 Å². The smallest absolute Gasteiger partial charge is 0.00601 e. The molecule has 0 aliphatic carbocycles. The Balaban J connectivity index is 0. The fraction of sp³-hybridized carbons (Fsp3) is 0.800. The van der Waals surface area contributed by atoms with Gasteiger partial charge < -0.3 is 0 Å². The molecular weight excluding hydrogens is 120 g/mol. The maximum atomic E-state index is 2.86. The van der Waals surface area contributed by atoms with Gasteiger partial charge in [0.05, 0.1) is 0 Å². The normalized spacial score (nSPS) is 6.80. The van der Waals surface area contributed by atoms with Crippen LogP contribution in [-0.4, -0.2) is 0 Å². The first-order valence-corrected chi connectivity index (χ1v) is 4.22. The van der Waals surface area contributed by atoms with Crippen LogP contribution in [-0.2, 0) is 0 Å². The molecule has 0 fully saturated rings. The Bertz CT molecular complexity index is 79.9. The summed E-state index contributed by atoms with van der Waals surface area (Å²) in [5.74, 6) is 5.63. The lowest BCUT2D eigenvalue weighted by molar-refractivity contribution is 0.772. The minimum atomic E-state index is 0.983. The molecule has 0 rings (SSSR count). The van der Waals surface area contributed by atoms with Gasteiger partial charge in [0.2, 0.25) is 0 Å². The Hall–Kier alpha value is -0.440. The lowest BCUT2D eigenvalue weighted by atomic mass is 10.3. The van der Waals surface area contributed by atoms with Gasteiger partial charge in [0.1, 0.15) is 0 Å². The standard InChI is InChI=1S/C5H12.C5H8/c2*1-3-5-4-2/h3-5H2,1-2H3;3H2,1-2H3. The van der Waals surface area contributed by atoms with E-state index in [4.69, 9.17) is 0 Å². The summed E-state index contributed by atoms with van der Waals surface area (Å²) >= 11 is 0. The number of unbranched alkanes of at least 4 members (excludes halogenated alkanes) is 2. The zero-order chi connectivity index (χ0) is 8.24. The minimum absolute atomic E-state index is 0.983. The first-order valence-electron chi connectivity index (χ1n) is 4.22. The molecule has 0 aromatic carbocycles. The van der Waals surface area contributed by atoms with Gasteiger partial charge in [-0.3, -0.25) is 0 Å². The van der Waals surface area contributed by atoms with E-state index in [0.717, 1.165) is 6.42 Å². The Morgan fingerprint density at radius 3 is 1.50 bits per heavy atom. The molecular formula is C10H20. The first-order chi connectivity index (χ1) is 4.83. The van der Waals surface area contributed by atoms with E-state index in [9.17, 15) is 0 Å². The van der Waals surface area contributed by atoms with Gasteiger partial charge in [-0.05, 0) is 6.92 Å². The van der Waals surface area contributed by atoms with Crippen molar-refractivity contribution >= 4 is 0 Å². The van der Waals surface area contributed by atoms with Gasteiger partial charge in [-0.1, -0.05) is 40.0 Å². The van der Waals surface area contributed by atoms with Gasteiger partial charge in [0, 0.05) is 6.42 Å². The summed E-state index contributed by atoms with van der Waals surface area (Å²) in [6, 6.07) is 0.